The quantitative estimate of drug-likeness (QED) is 0.563. The Labute approximate surface area is 92.3 Å². The highest BCUT2D eigenvalue weighted by Gasteiger charge is 2.13. The molecule has 0 aliphatic heterocycles. The lowest BCUT2D eigenvalue weighted by Gasteiger charge is -1.87. The van der Waals surface area contributed by atoms with Crippen molar-refractivity contribution in [3.8, 4) is 0 Å². The third kappa shape index (κ3) is 1.26. The van der Waals surface area contributed by atoms with E-state index in [1.54, 1.807) is 0 Å². The standard InChI is InChI=1S/C8H6BrIN2/c1-5-2-3-12-6(4-5)11-7(9)8(12)10/h2-4H,1H3/p+1. The number of hydrogen-bond acceptors (Lipinski definition) is 0. The molecule has 2 aromatic heterocycles. The van der Waals surface area contributed by atoms with E-state index in [-0.39, 0.29) is 0 Å². The van der Waals surface area contributed by atoms with Gasteiger partial charge in [-0.2, -0.15) is 4.40 Å². The minimum atomic E-state index is 1.04. The van der Waals surface area contributed by atoms with Crippen LogP contribution in [0.3, 0.4) is 0 Å². The number of imidazole rings is 1. The molecule has 0 radical (unpaired) electrons. The van der Waals surface area contributed by atoms with E-state index >= 15 is 0 Å². The molecule has 0 aliphatic carbocycles. The highest BCUT2D eigenvalue weighted by molar-refractivity contribution is 14.1. The molecular formula is C8H7BrIN2+. The van der Waals surface area contributed by atoms with E-state index in [4.69, 9.17) is 0 Å². The number of nitrogens with one attached hydrogen (secondary N) is 1. The minimum Gasteiger partial charge on any atom is -0.230 e. The zero-order chi connectivity index (χ0) is 8.72. The summed E-state index contributed by atoms with van der Waals surface area (Å²) < 4.78 is 4.31. The van der Waals surface area contributed by atoms with Crippen molar-refractivity contribution in [1.29, 1.82) is 0 Å². The van der Waals surface area contributed by atoms with Gasteiger partial charge in [-0.05, 0) is 18.6 Å². The lowest BCUT2D eigenvalue weighted by atomic mass is 10.3. The van der Waals surface area contributed by atoms with Crippen LogP contribution in [0.1, 0.15) is 5.56 Å². The minimum absolute atomic E-state index is 1.04. The highest BCUT2D eigenvalue weighted by atomic mass is 127. The molecule has 0 saturated heterocycles. The zero-order valence-corrected chi connectivity index (χ0v) is 10.2. The summed E-state index contributed by atoms with van der Waals surface area (Å²) >= 11 is 5.74. The smallest absolute Gasteiger partial charge is 0.230 e. The van der Waals surface area contributed by atoms with Crippen molar-refractivity contribution < 1.29 is 4.40 Å². The van der Waals surface area contributed by atoms with Gasteiger partial charge in [-0.3, -0.25) is 0 Å². The van der Waals surface area contributed by atoms with Crippen molar-refractivity contribution in [2.24, 2.45) is 0 Å². The molecule has 2 aromatic rings. The summed E-state index contributed by atoms with van der Waals surface area (Å²) in [6, 6.07) is 4.21. The fourth-order valence-electron chi connectivity index (χ4n) is 1.14. The summed E-state index contributed by atoms with van der Waals surface area (Å²) in [5.41, 5.74) is 2.38. The third-order valence-corrected chi connectivity index (χ3v) is 4.12. The number of H-pyrrole nitrogens is 1. The van der Waals surface area contributed by atoms with Gasteiger partial charge in [0.25, 0.3) is 5.65 Å². The van der Waals surface area contributed by atoms with Gasteiger partial charge in [-0.15, -0.1) is 0 Å². The number of aryl methyl sites for hydroxylation is 1. The second kappa shape index (κ2) is 2.99. The van der Waals surface area contributed by atoms with Crippen LogP contribution in [0.25, 0.3) is 5.65 Å². The number of nitrogens with zero attached hydrogens (tertiary/aromatic N) is 1. The van der Waals surface area contributed by atoms with Crippen LogP contribution >= 0.6 is 38.5 Å². The molecule has 2 rings (SSSR count). The maximum absolute atomic E-state index is 3.45. The zero-order valence-electron chi connectivity index (χ0n) is 6.44. The second-order valence-electron chi connectivity index (χ2n) is 2.69. The predicted molar refractivity (Wildman–Crippen MR) is 59.1 cm³/mol. The number of pyridine rings is 1. The molecule has 4 heteroatoms. The number of aromatic nitrogens is 2. The first-order valence-corrected chi connectivity index (χ1v) is 5.40. The van der Waals surface area contributed by atoms with Gasteiger partial charge in [0.05, 0.1) is 6.20 Å². The number of hydrogen-bond donors (Lipinski definition) is 1. The molecule has 2 heterocycles. The Morgan fingerprint density at radius 2 is 2.33 bits per heavy atom. The van der Waals surface area contributed by atoms with Gasteiger partial charge in [-0.1, -0.05) is 0 Å². The molecule has 2 nitrogen and oxygen atoms in total. The molecule has 12 heavy (non-hydrogen) atoms. The number of rotatable bonds is 0. The van der Waals surface area contributed by atoms with E-state index in [2.05, 4.69) is 73.2 Å². The summed E-state index contributed by atoms with van der Waals surface area (Å²) in [6.45, 7) is 2.08. The van der Waals surface area contributed by atoms with Gasteiger partial charge < -0.3 is 0 Å². The molecule has 0 saturated carbocycles. The van der Waals surface area contributed by atoms with Crippen molar-refractivity contribution in [2.75, 3.05) is 0 Å². The Morgan fingerprint density at radius 1 is 1.58 bits per heavy atom. The first-order chi connectivity index (χ1) is 5.68. The maximum Gasteiger partial charge on any atom is 0.285 e. The molecule has 0 aliphatic rings. The average molecular weight is 338 g/mol. The molecule has 0 bridgehead atoms. The van der Waals surface area contributed by atoms with Crippen LogP contribution < -0.4 is 4.40 Å². The summed E-state index contributed by atoms with van der Waals surface area (Å²) in [6.07, 6.45) is 2.06. The largest absolute Gasteiger partial charge is 0.285 e. The Kier molecular flexibility index (Phi) is 2.12. The summed E-state index contributed by atoms with van der Waals surface area (Å²) in [5.74, 6) is 0. The highest BCUT2D eigenvalue weighted by Crippen LogP contribution is 2.14. The topological polar surface area (TPSA) is 19.9 Å². The molecule has 62 valence electrons. The second-order valence-corrected chi connectivity index (χ2v) is 4.50. The Balaban J connectivity index is 2.87. The normalized spacial score (nSPS) is 10.9. The molecule has 1 N–H and O–H groups in total. The van der Waals surface area contributed by atoms with Gasteiger partial charge in [0.2, 0.25) is 8.30 Å². The van der Waals surface area contributed by atoms with Crippen LogP contribution in [0.5, 0.6) is 0 Å². The molecule has 0 amide bonds. The summed E-state index contributed by atoms with van der Waals surface area (Å²) in [4.78, 5) is 3.24. The molecule has 0 fully saturated rings. The van der Waals surface area contributed by atoms with Crippen LogP contribution in [-0.4, -0.2) is 4.98 Å². The first-order valence-electron chi connectivity index (χ1n) is 3.53. The van der Waals surface area contributed by atoms with E-state index < -0.39 is 0 Å². The Bertz CT molecular complexity index is 436. The maximum atomic E-state index is 3.45. The van der Waals surface area contributed by atoms with Gasteiger partial charge in [0, 0.05) is 44.6 Å². The van der Waals surface area contributed by atoms with Crippen molar-refractivity contribution in [3.05, 3.63) is 32.2 Å². The molecule has 0 aromatic carbocycles. The van der Waals surface area contributed by atoms with Crippen molar-refractivity contribution in [3.63, 3.8) is 0 Å². The number of halogens is 2. The number of fused-ring (bicyclic) bond motifs is 1. The van der Waals surface area contributed by atoms with E-state index in [1.807, 2.05) is 0 Å². The SMILES string of the molecule is Cc1cc[n+]2c(I)c(Br)[nH]c2c1. The van der Waals surface area contributed by atoms with E-state index in [9.17, 15) is 0 Å². The lowest BCUT2D eigenvalue weighted by molar-refractivity contribution is -0.524. The lowest BCUT2D eigenvalue weighted by Crippen LogP contribution is -2.21. The van der Waals surface area contributed by atoms with E-state index in [1.165, 1.54) is 9.26 Å². The third-order valence-electron chi connectivity index (χ3n) is 1.74. The predicted octanol–water partition coefficient (Wildman–Crippen LogP) is 2.43. The van der Waals surface area contributed by atoms with Gasteiger partial charge >= 0.3 is 0 Å². The fraction of sp³-hybridized carbons (Fsp3) is 0.125. The van der Waals surface area contributed by atoms with Crippen molar-refractivity contribution in [1.82, 2.24) is 4.98 Å². The number of aromatic amines is 1. The van der Waals surface area contributed by atoms with Gasteiger partial charge in [-0.25, -0.2) is 4.98 Å². The van der Waals surface area contributed by atoms with Crippen molar-refractivity contribution >= 4 is 44.2 Å². The van der Waals surface area contributed by atoms with Crippen LogP contribution in [-0.2, 0) is 0 Å². The van der Waals surface area contributed by atoms with E-state index in [0.29, 0.717) is 0 Å². The van der Waals surface area contributed by atoms with Crippen LogP contribution in [0.4, 0.5) is 0 Å². The molecular weight excluding hydrogens is 331 g/mol. The van der Waals surface area contributed by atoms with Crippen LogP contribution in [0, 0.1) is 10.6 Å². The monoisotopic (exact) mass is 337 g/mol. The molecule has 0 spiro atoms. The Morgan fingerprint density at radius 3 is 3.08 bits per heavy atom. The Hall–Kier alpha value is -0.100. The van der Waals surface area contributed by atoms with Crippen molar-refractivity contribution in [2.45, 2.75) is 6.92 Å². The average Bonchev–Trinajstić information content (AvgIpc) is 2.28. The van der Waals surface area contributed by atoms with Crippen LogP contribution in [0.2, 0.25) is 0 Å². The fourth-order valence-corrected chi connectivity index (χ4v) is 2.09. The first kappa shape index (κ1) is 8.50. The summed E-state index contributed by atoms with van der Waals surface area (Å²) in [5, 5.41) is 0. The summed E-state index contributed by atoms with van der Waals surface area (Å²) in [7, 11) is 0. The van der Waals surface area contributed by atoms with Gasteiger partial charge in [0.15, 0.2) is 0 Å². The van der Waals surface area contributed by atoms with E-state index in [0.717, 1.165) is 10.3 Å². The van der Waals surface area contributed by atoms with Crippen LogP contribution in [0.15, 0.2) is 22.9 Å². The molecule has 0 atom stereocenters. The van der Waals surface area contributed by atoms with Gasteiger partial charge in [0.1, 0.15) is 0 Å². The molecule has 0 unspecified atom stereocenters.